The molecule has 0 spiro atoms. The number of rotatable bonds is 5. The molecule has 3 aromatic carbocycles. The van der Waals surface area contributed by atoms with Gasteiger partial charge in [-0.3, -0.25) is 4.79 Å². The third kappa shape index (κ3) is 4.47. The number of aliphatic imine (C=N–C) groups is 1. The van der Waals surface area contributed by atoms with Crippen molar-refractivity contribution >= 4 is 27.3 Å². The molecule has 0 unspecified atom stereocenters. The molecule has 0 heterocycles. The number of amides is 1. The van der Waals surface area contributed by atoms with Gasteiger partial charge in [0.05, 0.1) is 4.90 Å². The number of amidine groups is 1. The van der Waals surface area contributed by atoms with Gasteiger partial charge in [-0.15, -0.1) is 0 Å². The standard InChI is InChI=1S/C23H20N2O4S/c1-16-12-14-19(15-13-16)30(28,29)21(20(26)17-8-4-2-5-9-17)22(24)25-23(27)18-10-6-3-7-11-18/h2-15,26H,1H3,(H2,24,25,27)/b21-20+. The van der Waals surface area contributed by atoms with Gasteiger partial charge in [0.25, 0.3) is 5.91 Å². The van der Waals surface area contributed by atoms with Crippen LogP contribution in [-0.4, -0.2) is 25.3 Å². The van der Waals surface area contributed by atoms with Crippen LogP contribution in [0.1, 0.15) is 21.5 Å². The van der Waals surface area contributed by atoms with Gasteiger partial charge in [0.15, 0.2) is 10.7 Å². The summed E-state index contributed by atoms with van der Waals surface area (Å²) in [5.41, 5.74) is 7.32. The molecule has 0 radical (unpaired) electrons. The number of aliphatic hydroxyl groups is 1. The first-order chi connectivity index (χ1) is 14.3. The van der Waals surface area contributed by atoms with E-state index >= 15 is 0 Å². The molecule has 0 fully saturated rings. The zero-order valence-electron chi connectivity index (χ0n) is 16.2. The van der Waals surface area contributed by atoms with Gasteiger partial charge >= 0.3 is 0 Å². The van der Waals surface area contributed by atoms with Crippen molar-refractivity contribution in [3.63, 3.8) is 0 Å². The summed E-state index contributed by atoms with van der Waals surface area (Å²) in [7, 11) is -4.27. The molecule has 7 heteroatoms. The molecule has 6 nitrogen and oxygen atoms in total. The summed E-state index contributed by atoms with van der Waals surface area (Å²) >= 11 is 0. The lowest BCUT2D eigenvalue weighted by Gasteiger charge is -2.12. The monoisotopic (exact) mass is 420 g/mol. The lowest BCUT2D eigenvalue weighted by atomic mass is 10.2. The number of nitrogens with two attached hydrogens (primary N) is 1. The smallest absolute Gasteiger partial charge is 0.278 e. The maximum atomic E-state index is 13.3. The fraction of sp³-hybridized carbons (Fsp3) is 0.0435. The number of carbonyl (C=O) groups excluding carboxylic acids is 1. The number of aliphatic hydroxyl groups excluding tert-OH is 1. The van der Waals surface area contributed by atoms with E-state index in [0.29, 0.717) is 0 Å². The van der Waals surface area contributed by atoms with E-state index in [4.69, 9.17) is 5.73 Å². The highest BCUT2D eigenvalue weighted by atomic mass is 32.2. The number of hydrogen-bond donors (Lipinski definition) is 2. The molecule has 30 heavy (non-hydrogen) atoms. The quantitative estimate of drug-likeness (QED) is 0.370. The Bertz CT molecular complexity index is 1220. The van der Waals surface area contributed by atoms with Crippen LogP contribution in [0.15, 0.2) is 99.7 Å². The second-order valence-corrected chi connectivity index (χ2v) is 8.41. The van der Waals surface area contributed by atoms with Crippen LogP contribution in [0.5, 0.6) is 0 Å². The Morgan fingerprint density at radius 2 is 1.33 bits per heavy atom. The molecule has 152 valence electrons. The average molecular weight is 420 g/mol. The van der Waals surface area contributed by atoms with Crippen LogP contribution in [0.3, 0.4) is 0 Å². The maximum Gasteiger partial charge on any atom is 0.278 e. The van der Waals surface area contributed by atoms with Crippen LogP contribution in [0, 0.1) is 6.92 Å². The lowest BCUT2D eigenvalue weighted by Crippen LogP contribution is -2.25. The van der Waals surface area contributed by atoms with E-state index in [2.05, 4.69) is 4.99 Å². The van der Waals surface area contributed by atoms with Gasteiger partial charge in [-0.1, -0.05) is 66.2 Å². The SMILES string of the molecule is Cc1ccc(S(=O)(=O)/C(C(N)=NC(=O)c2ccccc2)=C(/O)c2ccccc2)cc1. The van der Waals surface area contributed by atoms with Gasteiger partial charge in [0.1, 0.15) is 5.76 Å². The summed E-state index contributed by atoms with van der Waals surface area (Å²) < 4.78 is 26.7. The highest BCUT2D eigenvalue weighted by molar-refractivity contribution is 7.96. The van der Waals surface area contributed by atoms with E-state index in [-0.39, 0.29) is 16.0 Å². The third-order valence-electron chi connectivity index (χ3n) is 4.34. The number of hydrogen-bond acceptors (Lipinski definition) is 4. The summed E-state index contributed by atoms with van der Waals surface area (Å²) in [6.45, 7) is 1.82. The molecular formula is C23H20N2O4S. The number of carbonyl (C=O) groups is 1. The van der Waals surface area contributed by atoms with Crippen molar-refractivity contribution < 1.29 is 18.3 Å². The van der Waals surface area contributed by atoms with Gasteiger partial charge in [0.2, 0.25) is 9.84 Å². The Morgan fingerprint density at radius 3 is 1.87 bits per heavy atom. The van der Waals surface area contributed by atoms with E-state index in [1.54, 1.807) is 48.5 Å². The van der Waals surface area contributed by atoms with Gasteiger partial charge in [-0.05, 0) is 31.2 Å². The zero-order chi connectivity index (χ0) is 21.7. The van der Waals surface area contributed by atoms with E-state index in [0.717, 1.165) is 5.56 Å². The minimum atomic E-state index is -4.27. The summed E-state index contributed by atoms with van der Waals surface area (Å²) in [5, 5.41) is 10.8. The first kappa shape index (κ1) is 21.0. The van der Waals surface area contributed by atoms with Gasteiger partial charge in [-0.25, -0.2) is 8.42 Å². The molecule has 3 rings (SSSR count). The Hall–Kier alpha value is -3.71. The predicted octanol–water partition coefficient (Wildman–Crippen LogP) is 3.89. The lowest BCUT2D eigenvalue weighted by molar-refractivity contribution is 0.100. The molecule has 3 aromatic rings. The van der Waals surface area contributed by atoms with Crippen molar-refractivity contribution in [3.05, 3.63) is 107 Å². The van der Waals surface area contributed by atoms with Crippen LogP contribution in [-0.2, 0) is 9.84 Å². The summed E-state index contributed by atoms with van der Waals surface area (Å²) in [5.74, 6) is -1.89. The fourth-order valence-electron chi connectivity index (χ4n) is 2.75. The molecule has 0 atom stereocenters. The largest absolute Gasteiger partial charge is 0.506 e. The van der Waals surface area contributed by atoms with Crippen molar-refractivity contribution in [2.24, 2.45) is 10.7 Å². The molecule has 0 aliphatic carbocycles. The fourth-order valence-corrected chi connectivity index (χ4v) is 4.18. The Kier molecular flexibility index (Phi) is 6.13. The summed E-state index contributed by atoms with van der Waals surface area (Å²) in [6.07, 6.45) is 0. The summed E-state index contributed by atoms with van der Waals surface area (Å²) in [6, 6.07) is 22.3. The molecule has 0 aliphatic rings. The molecule has 0 bridgehead atoms. The maximum absolute atomic E-state index is 13.3. The number of benzene rings is 3. The van der Waals surface area contributed by atoms with Gasteiger partial charge < -0.3 is 10.8 Å². The molecule has 0 aliphatic heterocycles. The van der Waals surface area contributed by atoms with Crippen LogP contribution >= 0.6 is 0 Å². The van der Waals surface area contributed by atoms with Crippen LogP contribution in [0.2, 0.25) is 0 Å². The minimum absolute atomic E-state index is 0.0732. The van der Waals surface area contributed by atoms with Crippen LogP contribution < -0.4 is 5.73 Å². The molecular weight excluding hydrogens is 400 g/mol. The van der Waals surface area contributed by atoms with Crippen LogP contribution in [0.4, 0.5) is 0 Å². The predicted molar refractivity (Wildman–Crippen MR) is 117 cm³/mol. The molecule has 0 saturated carbocycles. The number of aryl methyl sites for hydroxylation is 1. The van der Waals surface area contributed by atoms with E-state index < -0.39 is 32.2 Å². The van der Waals surface area contributed by atoms with Crippen molar-refractivity contribution in [2.45, 2.75) is 11.8 Å². The highest BCUT2D eigenvalue weighted by Crippen LogP contribution is 2.27. The highest BCUT2D eigenvalue weighted by Gasteiger charge is 2.29. The van der Waals surface area contributed by atoms with Crippen LogP contribution in [0.25, 0.3) is 5.76 Å². The topological polar surface area (TPSA) is 110 Å². The second kappa shape index (κ2) is 8.75. The first-order valence-corrected chi connectivity index (χ1v) is 10.5. The Balaban J connectivity index is 2.19. The first-order valence-electron chi connectivity index (χ1n) is 9.05. The Morgan fingerprint density at radius 1 is 0.833 bits per heavy atom. The number of sulfone groups is 1. The van der Waals surface area contributed by atoms with Crippen molar-refractivity contribution in [1.82, 2.24) is 0 Å². The normalized spacial score (nSPS) is 12.9. The summed E-state index contributed by atoms with van der Waals surface area (Å²) in [4.78, 5) is 15.5. The van der Waals surface area contributed by atoms with Gasteiger partial charge in [0, 0.05) is 11.1 Å². The van der Waals surface area contributed by atoms with Crippen molar-refractivity contribution in [2.75, 3.05) is 0 Å². The molecule has 0 aromatic heterocycles. The van der Waals surface area contributed by atoms with Crippen molar-refractivity contribution in [1.29, 1.82) is 0 Å². The van der Waals surface area contributed by atoms with Gasteiger partial charge in [-0.2, -0.15) is 4.99 Å². The van der Waals surface area contributed by atoms with E-state index in [1.165, 1.54) is 36.4 Å². The second-order valence-electron chi connectivity index (χ2n) is 6.53. The Labute approximate surface area is 174 Å². The van der Waals surface area contributed by atoms with E-state index in [1.807, 2.05) is 6.92 Å². The third-order valence-corrected chi connectivity index (χ3v) is 6.17. The number of nitrogens with zero attached hydrogens (tertiary/aromatic N) is 1. The molecule has 3 N–H and O–H groups in total. The van der Waals surface area contributed by atoms with Crippen molar-refractivity contribution in [3.8, 4) is 0 Å². The molecule has 0 saturated heterocycles. The minimum Gasteiger partial charge on any atom is -0.506 e. The zero-order valence-corrected chi connectivity index (χ0v) is 17.0. The van der Waals surface area contributed by atoms with E-state index in [9.17, 15) is 18.3 Å². The molecule has 1 amide bonds. The average Bonchev–Trinajstić information content (AvgIpc) is 2.75.